The van der Waals surface area contributed by atoms with Gasteiger partial charge in [-0.05, 0) is 43.3 Å². The summed E-state index contributed by atoms with van der Waals surface area (Å²) in [7, 11) is 1.33. The van der Waals surface area contributed by atoms with Gasteiger partial charge in [-0.3, -0.25) is 14.3 Å². The van der Waals surface area contributed by atoms with E-state index >= 15 is 0 Å². The minimum Gasteiger partial charge on any atom is -0.497 e. The molecule has 1 aliphatic heterocycles. The van der Waals surface area contributed by atoms with E-state index in [0.29, 0.717) is 0 Å². The maximum Gasteiger partial charge on any atom is 0.416 e. The zero-order valence-corrected chi connectivity index (χ0v) is 17.5. The summed E-state index contributed by atoms with van der Waals surface area (Å²) in [5.74, 6) is -1.75. The summed E-state index contributed by atoms with van der Waals surface area (Å²) in [5, 5.41) is 6.72. The number of fused-ring (bicyclic) bond motifs is 1. The molecule has 2 aromatic carbocycles. The molecule has 4 rings (SSSR count). The van der Waals surface area contributed by atoms with Gasteiger partial charge >= 0.3 is 6.18 Å². The van der Waals surface area contributed by atoms with E-state index in [1.54, 1.807) is 6.92 Å². The zero-order chi connectivity index (χ0) is 23.9. The summed E-state index contributed by atoms with van der Waals surface area (Å²) in [4.78, 5) is 27.2. The summed E-state index contributed by atoms with van der Waals surface area (Å²) in [6, 6.07) is 7.40. The van der Waals surface area contributed by atoms with Crippen molar-refractivity contribution in [1.29, 1.82) is 0 Å². The number of hydrogen-bond acceptors (Lipinski definition) is 4. The molecule has 33 heavy (non-hydrogen) atoms. The smallest absolute Gasteiger partial charge is 0.416 e. The molecule has 0 saturated heterocycles. The summed E-state index contributed by atoms with van der Waals surface area (Å²) in [6.45, 7) is 1.95. The number of carbonyl (C=O) groups is 2. The van der Waals surface area contributed by atoms with Gasteiger partial charge in [-0.25, -0.2) is 4.39 Å². The molecule has 172 valence electrons. The molecule has 1 atom stereocenters. The van der Waals surface area contributed by atoms with Gasteiger partial charge in [-0.1, -0.05) is 0 Å². The van der Waals surface area contributed by atoms with Crippen molar-refractivity contribution in [3.8, 4) is 5.75 Å². The maximum atomic E-state index is 13.8. The largest absolute Gasteiger partial charge is 0.497 e. The van der Waals surface area contributed by atoms with Crippen LogP contribution in [0.4, 0.5) is 28.9 Å². The fourth-order valence-electron chi connectivity index (χ4n) is 3.61. The van der Waals surface area contributed by atoms with Crippen molar-refractivity contribution in [2.24, 2.45) is 0 Å². The van der Waals surface area contributed by atoms with Crippen LogP contribution in [-0.4, -0.2) is 35.2 Å². The molecule has 0 unspecified atom stereocenters. The van der Waals surface area contributed by atoms with E-state index in [2.05, 4.69) is 10.4 Å². The highest BCUT2D eigenvalue weighted by Crippen LogP contribution is 2.33. The lowest BCUT2D eigenvalue weighted by Crippen LogP contribution is -2.43. The maximum absolute atomic E-state index is 13.8. The lowest BCUT2D eigenvalue weighted by atomic mass is 10.1. The number of anilines is 2. The van der Waals surface area contributed by atoms with Crippen LogP contribution in [0.3, 0.4) is 0 Å². The topological polar surface area (TPSA) is 76.5 Å². The fraction of sp³-hybridized carbons (Fsp3) is 0.227. The van der Waals surface area contributed by atoms with E-state index < -0.39 is 29.4 Å². The molecule has 7 nitrogen and oxygen atoms in total. The second-order valence-corrected chi connectivity index (χ2v) is 7.49. The number of nitrogens with one attached hydrogen (secondary N) is 1. The first-order chi connectivity index (χ1) is 15.6. The molecule has 0 bridgehead atoms. The molecule has 0 radical (unpaired) electrons. The van der Waals surface area contributed by atoms with Crippen molar-refractivity contribution in [3.63, 3.8) is 0 Å². The predicted octanol–water partition coefficient (Wildman–Crippen LogP) is 4.52. The third-order valence-corrected chi connectivity index (χ3v) is 5.23. The van der Waals surface area contributed by atoms with Crippen molar-refractivity contribution >= 4 is 23.2 Å². The van der Waals surface area contributed by atoms with Gasteiger partial charge in [0.15, 0.2) is 5.69 Å². The number of methoxy groups -OCH3 is 1. The summed E-state index contributed by atoms with van der Waals surface area (Å²) < 4.78 is 58.8. The Morgan fingerprint density at radius 1 is 1.18 bits per heavy atom. The number of alkyl halides is 3. The number of halogens is 4. The highest BCUT2D eigenvalue weighted by molar-refractivity contribution is 6.13. The molecule has 1 aliphatic rings. The molecule has 1 aromatic heterocycles. The number of carbonyl (C=O) groups excluding carboxylic acids is 2. The lowest BCUT2D eigenvalue weighted by Gasteiger charge is -2.32. The number of hydrogen-bond donors (Lipinski definition) is 1. The molecule has 2 amide bonds. The van der Waals surface area contributed by atoms with E-state index in [4.69, 9.17) is 4.74 Å². The minimum absolute atomic E-state index is 0.0253. The Balaban J connectivity index is 1.63. The van der Waals surface area contributed by atoms with Gasteiger partial charge in [0.25, 0.3) is 11.8 Å². The third-order valence-electron chi connectivity index (χ3n) is 5.23. The second kappa shape index (κ2) is 8.23. The van der Waals surface area contributed by atoms with Crippen LogP contribution in [0.5, 0.6) is 5.75 Å². The Morgan fingerprint density at radius 3 is 2.52 bits per heavy atom. The van der Waals surface area contributed by atoms with Crippen LogP contribution in [0.2, 0.25) is 0 Å². The summed E-state index contributed by atoms with van der Waals surface area (Å²) in [5.41, 5.74) is -0.420. The van der Waals surface area contributed by atoms with Gasteiger partial charge in [0, 0.05) is 23.9 Å². The van der Waals surface area contributed by atoms with E-state index in [1.165, 1.54) is 41.1 Å². The van der Waals surface area contributed by atoms with Crippen molar-refractivity contribution in [2.45, 2.75) is 19.1 Å². The number of amides is 2. The first-order valence-electron chi connectivity index (χ1n) is 9.81. The quantitative estimate of drug-likeness (QED) is 0.579. The Bertz CT molecular complexity index is 1220. The Morgan fingerprint density at radius 2 is 1.88 bits per heavy atom. The van der Waals surface area contributed by atoms with Crippen LogP contribution in [-0.2, 0) is 6.18 Å². The molecule has 0 aliphatic carbocycles. The molecular formula is C22H18F4N4O3. The molecule has 0 spiro atoms. The molecule has 11 heteroatoms. The average Bonchev–Trinajstić information content (AvgIpc) is 3.19. The van der Waals surface area contributed by atoms with E-state index in [-0.39, 0.29) is 41.0 Å². The van der Waals surface area contributed by atoms with Gasteiger partial charge in [0.2, 0.25) is 0 Å². The third kappa shape index (κ3) is 4.26. The van der Waals surface area contributed by atoms with Gasteiger partial charge in [-0.2, -0.15) is 18.3 Å². The first-order valence-corrected chi connectivity index (χ1v) is 9.81. The van der Waals surface area contributed by atoms with E-state index in [9.17, 15) is 27.2 Å². The monoisotopic (exact) mass is 462 g/mol. The van der Waals surface area contributed by atoms with Crippen LogP contribution < -0.4 is 15.0 Å². The fourth-order valence-corrected chi connectivity index (χ4v) is 3.61. The second-order valence-electron chi connectivity index (χ2n) is 7.49. The first kappa shape index (κ1) is 22.3. The number of ether oxygens (including phenoxy) is 1. The number of nitrogens with zero attached hydrogens (tertiary/aromatic N) is 3. The average molecular weight is 462 g/mol. The Kier molecular flexibility index (Phi) is 5.56. The van der Waals surface area contributed by atoms with E-state index in [1.807, 2.05) is 0 Å². The normalized spacial score (nSPS) is 15.9. The van der Waals surface area contributed by atoms with Gasteiger partial charge in [-0.15, -0.1) is 0 Å². The Hall–Kier alpha value is -3.89. The van der Waals surface area contributed by atoms with Crippen LogP contribution in [0.25, 0.3) is 0 Å². The van der Waals surface area contributed by atoms with Gasteiger partial charge in [0.1, 0.15) is 11.6 Å². The van der Waals surface area contributed by atoms with Crippen molar-refractivity contribution in [3.05, 3.63) is 71.3 Å². The van der Waals surface area contributed by atoms with Crippen molar-refractivity contribution < 1.29 is 31.9 Å². The lowest BCUT2D eigenvalue weighted by molar-refractivity contribution is -0.137. The molecule has 0 saturated carbocycles. The summed E-state index contributed by atoms with van der Waals surface area (Å²) in [6.07, 6.45) is -3.19. The van der Waals surface area contributed by atoms with Crippen molar-refractivity contribution in [1.82, 2.24) is 9.78 Å². The SMILES string of the molecule is COc1cc(F)cc(C(=O)Nc2cnn3c2C(=O)N(c2ccc(C(F)(F)F)cc2)C[C@@H]3C)c1. The summed E-state index contributed by atoms with van der Waals surface area (Å²) >= 11 is 0. The molecular weight excluding hydrogens is 444 g/mol. The highest BCUT2D eigenvalue weighted by atomic mass is 19.4. The standard InChI is InChI=1S/C22H18F4N4O3/c1-12-11-29(16-5-3-14(4-6-16)22(24,25)26)21(32)19-18(10-27-30(12)19)28-20(31)13-7-15(23)9-17(8-13)33-2/h3-10,12H,11H2,1-2H3,(H,28,31)/t12-/m0/s1. The number of aromatic nitrogens is 2. The molecule has 3 aromatic rings. The van der Waals surface area contributed by atoms with E-state index in [0.717, 1.165) is 24.3 Å². The van der Waals surface area contributed by atoms with Crippen LogP contribution in [0.1, 0.15) is 39.4 Å². The number of benzene rings is 2. The van der Waals surface area contributed by atoms with Crippen LogP contribution in [0, 0.1) is 5.82 Å². The predicted molar refractivity (Wildman–Crippen MR) is 111 cm³/mol. The molecule has 1 N–H and O–H groups in total. The number of rotatable bonds is 4. The zero-order valence-electron chi connectivity index (χ0n) is 17.5. The van der Waals surface area contributed by atoms with Gasteiger partial charge in [0.05, 0.1) is 30.6 Å². The minimum atomic E-state index is -4.49. The molecule has 2 heterocycles. The van der Waals surface area contributed by atoms with Crippen LogP contribution >= 0.6 is 0 Å². The highest BCUT2D eigenvalue weighted by Gasteiger charge is 2.35. The van der Waals surface area contributed by atoms with Gasteiger partial charge < -0.3 is 15.0 Å². The van der Waals surface area contributed by atoms with Crippen molar-refractivity contribution in [2.75, 3.05) is 23.9 Å². The van der Waals surface area contributed by atoms with Crippen LogP contribution in [0.15, 0.2) is 48.7 Å². The Labute approximate surface area is 185 Å². The molecule has 0 fully saturated rings.